The number of rotatable bonds is 4. The fraction of sp³-hybridized carbons (Fsp3) is 0.429. The van der Waals surface area contributed by atoms with Crippen molar-refractivity contribution in [1.29, 1.82) is 0 Å². The van der Waals surface area contributed by atoms with Crippen LogP contribution in [0.25, 0.3) is 0 Å². The fourth-order valence-electron chi connectivity index (χ4n) is 3.90. The van der Waals surface area contributed by atoms with Crippen LogP contribution in [0.2, 0.25) is 0 Å². The van der Waals surface area contributed by atoms with Gasteiger partial charge in [0.1, 0.15) is 5.82 Å². The van der Waals surface area contributed by atoms with E-state index in [1.165, 1.54) is 31.4 Å². The molecule has 1 aromatic carbocycles. The molecule has 0 spiro atoms. The lowest BCUT2D eigenvalue weighted by Gasteiger charge is -2.36. The van der Waals surface area contributed by atoms with Crippen LogP contribution in [-0.4, -0.2) is 42.3 Å². The second-order valence-corrected chi connectivity index (χ2v) is 7.70. The molecule has 0 unspecified atom stereocenters. The van der Waals surface area contributed by atoms with Gasteiger partial charge in [0.05, 0.1) is 11.9 Å². The highest BCUT2D eigenvalue weighted by Gasteiger charge is 2.18. The Bertz CT molecular complexity index is 735. The Hall–Kier alpha value is -2.34. The second-order valence-electron chi connectivity index (χ2n) is 7.29. The number of benzene rings is 1. The van der Waals surface area contributed by atoms with Crippen LogP contribution in [0.4, 0.5) is 17.2 Å². The van der Waals surface area contributed by atoms with E-state index in [1.807, 2.05) is 6.20 Å². The van der Waals surface area contributed by atoms with Crippen molar-refractivity contribution in [3.05, 3.63) is 48.7 Å². The molecule has 0 amide bonds. The van der Waals surface area contributed by atoms with Gasteiger partial charge in [-0.05, 0) is 49.3 Å². The third-order valence-electron chi connectivity index (χ3n) is 5.42. The van der Waals surface area contributed by atoms with Crippen molar-refractivity contribution < 1.29 is 0 Å². The van der Waals surface area contributed by atoms with Crippen molar-refractivity contribution in [1.82, 2.24) is 10.3 Å². The van der Waals surface area contributed by atoms with Crippen LogP contribution >= 0.6 is 12.2 Å². The van der Waals surface area contributed by atoms with Crippen LogP contribution in [0, 0.1) is 0 Å². The lowest BCUT2D eigenvalue weighted by atomic mass is 10.2. The zero-order chi connectivity index (χ0) is 18.5. The predicted molar refractivity (Wildman–Crippen MR) is 117 cm³/mol. The summed E-state index contributed by atoms with van der Waals surface area (Å²) in [6.45, 7) is 3.99. The maximum Gasteiger partial charge on any atom is 0.171 e. The molecule has 6 heteroatoms. The van der Waals surface area contributed by atoms with Crippen LogP contribution in [0.3, 0.4) is 0 Å². The Morgan fingerprint density at radius 3 is 2.30 bits per heavy atom. The molecule has 1 aliphatic heterocycles. The summed E-state index contributed by atoms with van der Waals surface area (Å²) in [5.74, 6) is 1.03. The summed E-state index contributed by atoms with van der Waals surface area (Å²) >= 11 is 5.42. The van der Waals surface area contributed by atoms with Crippen molar-refractivity contribution in [3.8, 4) is 0 Å². The van der Waals surface area contributed by atoms with Crippen LogP contribution in [0.5, 0.6) is 0 Å². The molecule has 1 aromatic heterocycles. The van der Waals surface area contributed by atoms with Gasteiger partial charge < -0.3 is 20.4 Å². The van der Waals surface area contributed by atoms with E-state index in [0.717, 1.165) is 37.7 Å². The number of piperazine rings is 1. The number of nitrogens with zero attached hydrogens (tertiary/aromatic N) is 3. The minimum Gasteiger partial charge on any atom is -0.368 e. The van der Waals surface area contributed by atoms with Crippen molar-refractivity contribution >= 4 is 34.5 Å². The molecule has 0 bridgehead atoms. The molecule has 1 saturated heterocycles. The van der Waals surface area contributed by atoms with Crippen molar-refractivity contribution in [2.45, 2.75) is 31.7 Å². The average molecular weight is 382 g/mol. The van der Waals surface area contributed by atoms with Gasteiger partial charge >= 0.3 is 0 Å². The minimum absolute atomic E-state index is 0.526. The average Bonchev–Trinajstić information content (AvgIpc) is 3.22. The van der Waals surface area contributed by atoms with Crippen molar-refractivity contribution in [2.75, 3.05) is 41.3 Å². The molecule has 1 aliphatic carbocycles. The van der Waals surface area contributed by atoms with E-state index >= 15 is 0 Å². The topological polar surface area (TPSA) is 43.4 Å². The number of thiocarbonyl (C=S) groups is 1. The number of para-hydroxylation sites is 1. The maximum absolute atomic E-state index is 5.42. The lowest BCUT2D eigenvalue weighted by molar-refractivity contribution is 0.634. The molecule has 2 fully saturated rings. The van der Waals surface area contributed by atoms with Gasteiger partial charge in [-0.25, -0.2) is 4.98 Å². The fourth-order valence-corrected chi connectivity index (χ4v) is 4.19. The zero-order valence-electron chi connectivity index (χ0n) is 15.6. The Morgan fingerprint density at radius 2 is 1.63 bits per heavy atom. The Morgan fingerprint density at radius 1 is 0.926 bits per heavy atom. The SMILES string of the molecule is S=C(Nc1ccc(N2CCN(c3ccccc3)CC2)nc1)NC1CCCC1. The Kier molecular flexibility index (Phi) is 5.72. The first kappa shape index (κ1) is 18.0. The quantitative estimate of drug-likeness (QED) is 0.789. The van der Waals surface area contributed by atoms with Gasteiger partial charge in [0, 0.05) is 37.9 Å². The van der Waals surface area contributed by atoms with E-state index in [-0.39, 0.29) is 0 Å². The number of pyridine rings is 1. The lowest BCUT2D eigenvalue weighted by Crippen LogP contribution is -2.46. The predicted octanol–water partition coefficient (Wildman–Crippen LogP) is 3.64. The summed E-state index contributed by atoms with van der Waals surface area (Å²) in [6, 6.07) is 15.3. The highest BCUT2D eigenvalue weighted by Crippen LogP contribution is 2.20. The van der Waals surface area contributed by atoms with Gasteiger partial charge in [-0.1, -0.05) is 31.0 Å². The Labute approximate surface area is 166 Å². The first-order valence-corrected chi connectivity index (χ1v) is 10.3. The number of aromatic nitrogens is 1. The molecule has 2 N–H and O–H groups in total. The highest BCUT2D eigenvalue weighted by molar-refractivity contribution is 7.80. The van der Waals surface area contributed by atoms with E-state index in [0.29, 0.717) is 11.2 Å². The van der Waals surface area contributed by atoms with Gasteiger partial charge in [-0.3, -0.25) is 0 Å². The zero-order valence-corrected chi connectivity index (χ0v) is 16.4. The van der Waals surface area contributed by atoms with Crippen molar-refractivity contribution in [3.63, 3.8) is 0 Å². The van der Waals surface area contributed by atoms with E-state index in [2.05, 4.69) is 67.9 Å². The number of nitrogens with one attached hydrogen (secondary N) is 2. The summed E-state index contributed by atoms with van der Waals surface area (Å²) in [6.07, 6.45) is 6.91. The monoisotopic (exact) mass is 381 g/mol. The van der Waals surface area contributed by atoms with E-state index in [1.54, 1.807) is 0 Å². The molecular formula is C21H27N5S. The molecule has 142 valence electrons. The second kappa shape index (κ2) is 8.57. The first-order chi connectivity index (χ1) is 13.3. The first-order valence-electron chi connectivity index (χ1n) is 9.86. The van der Waals surface area contributed by atoms with Gasteiger partial charge in [-0.2, -0.15) is 0 Å². The number of hydrogen-bond acceptors (Lipinski definition) is 4. The van der Waals surface area contributed by atoms with Gasteiger partial charge in [0.25, 0.3) is 0 Å². The van der Waals surface area contributed by atoms with E-state index in [9.17, 15) is 0 Å². The molecule has 27 heavy (non-hydrogen) atoms. The molecule has 4 rings (SSSR count). The molecule has 2 aromatic rings. The van der Waals surface area contributed by atoms with Crippen LogP contribution in [0.15, 0.2) is 48.7 Å². The number of anilines is 3. The maximum atomic E-state index is 5.42. The molecule has 1 saturated carbocycles. The minimum atomic E-state index is 0.526. The normalized spacial score (nSPS) is 17.8. The van der Waals surface area contributed by atoms with Gasteiger partial charge in [0.2, 0.25) is 0 Å². The molecule has 0 radical (unpaired) electrons. The summed E-state index contributed by atoms with van der Waals surface area (Å²) in [7, 11) is 0. The Balaban J connectivity index is 1.28. The van der Waals surface area contributed by atoms with E-state index < -0.39 is 0 Å². The smallest absolute Gasteiger partial charge is 0.171 e. The third kappa shape index (κ3) is 4.69. The van der Waals surface area contributed by atoms with Crippen molar-refractivity contribution in [2.24, 2.45) is 0 Å². The molecule has 2 heterocycles. The van der Waals surface area contributed by atoms with Crippen LogP contribution < -0.4 is 20.4 Å². The molecular weight excluding hydrogens is 354 g/mol. The van der Waals surface area contributed by atoms with Crippen LogP contribution in [0.1, 0.15) is 25.7 Å². The molecule has 5 nitrogen and oxygen atoms in total. The highest BCUT2D eigenvalue weighted by atomic mass is 32.1. The van der Waals surface area contributed by atoms with E-state index in [4.69, 9.17) is 12.2 Å². The third-order valence-corrected chi connectivity index (χ3v) is 5.64. The molecule has 2 aliphatic rings. The summed E-state index contributed by atoms with van der Waals surface area (Å²) in [5, 5.41) is 7.36. The molecule has 0 atom stereocenters. The summed E-state index contributed by atoms with van der Waals surface area (Å²) in [4.78, 5) is 9.42. The van der Waals surface area contributed by atoms with Gasteiger partial charge in [0.15, 0.2) is 5.11 Å². The summed E-state index contributed by atoms with van der Waals surface area (Å²) in [5.41, 5.74) is 2.24. The summed E-state index contributed by atoms with van der Waals surface area (Å²) < 4.78 is 0. The number of hydrogen-bond donors (Lipinski definition) is 2. The standard InChI is InChI=1S/C21H27N5S/c27-21(23-17-6-4-5-7-17)24-18-10-11-20(22-16-18)26-14-12-25(13-15-26)19-8-2-1-3-9-19/h1-3,8-11,16-17H,4-7,12-15H2,(H2,23,24,27). The van der Waals surface area contributed by atoms with Crippen LogP contribution in [-0.2, 0) is 0 Å². The largest absolute Gasteiger partial charge is 0.368 e. The van der Waals surface area contributed by atoms with Gasteiger partial charge in [-0.15, -0.1) is 0 Å².